The zero-order valence-electron chi connectivity index (χ0n) is 17.8. The minimum absolute atomic E-state index is 0.238. The largest absolute Gasteiger partial charge is 0.462 e. The van der Waals surface area contributed by atoms with Crippen LogP contribution in [0.4, 0.5) is 10.7 Å². The smallest absolute Gasteiger partial charge is 0.341 e. The van der Waals surface area contributed by atoms with E-state index in [9.17, 15) is 4.79 Å². The van der Waals surface area contributed by atoms with E-state index in [0.29, 0.717) is 17.3 Å². The summed E-state index contributed by atoms with van der Waals surface area (Å²) in [5.41, 5.74) is 3.00. The van der Waals surface area contributed by atoms with E-state index in [2.05, 4.69) is 21.2 Å². The summed E-state index contributed by atoms with van der Waals surface area (Å²) >= 11 is 13.6. The number of nitrogens with one attached hydrogen (secondary N) is 1. The molecule has 1 aromatic heterocycles. The zero-order chi connectivity index (χ0) is 21.8. The first-order valence-corrected chi connectivity index (χ1v) is 12.5. The van der Waals surface area contributed by atoms with Crippen molar-refractivity contribution in [3.8, 4) is 0 Å². The average Bonchev–Trinajstić information content (AvgIpc) is 2.94. The van der Waals surface area contributed by atoms with Gasteiger partial charge in [-0.3, -0.25) is 0 Å². The second-order valence-electron chi connectivity index (χ2n) is 7.87. The normalized spacial score (nSPS) is 16.5. The summed E-state index contributed by atoms with van der Waals surface area (Å²) in [4.78, 5) is 18.6. The minimum atomic E-state index is -0.238. The van der Waals surface area contributed by atoms with E-state index in [-0.39, 0.29) is 5.97 Å². The van der Waals surface area contributed by atoms with Crippen molar-refractivity contribution in [1.29, 1.82) is 0 Å². The molecule has 8 heteroatoms. The fraction of sp³-hybridized carbons (Fsp3) is 0.478. The van der Waals surface area contributed by atoms with Gasteiger partial charge in [0.15, 0.2) is 5.11 Å². The average molecular weight is 478 g/mol. The molecule has 2 heterocycles. The maximum absolute atomic E-state index is 12.8. The number of aryl methyl sites for hydroxylation is 1. The Morgan fingerprint density at radius 1 is 1.19 bits per heavy atom. The molecular weight excluding hydrogens is 450 g/mol. The number of thiocarbonyl (C=S) groups is 1. The number of hydrogen-bond donors (Lipinski definition) is 1. The first-order chi connectivity index (χ1) is 15.1. The molecule has 0 unspecified atom stereocenters. The number of thiophene rings is 1. The molecule has 0 radical (unpaired) electrons. The van der Waals surface area contributed by atoms with Crippen LogP contribution in [-0.2, 0) is 17.6 Å². The molecule has 2 aromatic rings. The van der Waals surface area contributed by atoms with Gasteiger partial charge in [0, 0.05) is 41.8 Å². The van der Waals surface area contributed by atoms with Crippen molar-refractivity contribution in [1.82, 2.24) is 4.90 Å². The lowest BCUT2D eigenvalue weighted by atomic mass is 10.1. The molecule has 0 amide bonds. The van der Waals surface area contributed by atoms with Crippen LogP contribution in [0, 0.1) is 0 Å². The van der Waals surface area contributed by atoms with Gasteiger partial charge in [0.2, 0.25) is 0 Å². The molecule has 1 fully saturated rings. The number of piperazine rings is 1. The van der Waals surface area contributed by atoms with E-state index in [1.54, 1.807) is 11.3 Å². The monoisotopic (exact) mass is 477 g/mol. The molecular formula is C23H28ClN3O2S2. The SMILES string of the molecule is CCOC(=O)c1c(NC(=S)N2CCN(c3cccc(Cl)c3)CC2)sc2c1CCCCC2. The fourth-order valence-electron chi connectivity index (χ4n) is 4.27. The van der Waals surface area contributed by atoms with Crippen molar-refractivity contribution in [3.05, 3.63) is 45.3 Å². The second-order valence-corrected chi connectivity index (χ2v) is 9.80. The number of halogens is 1. The van der Waals surface area contributed by atoms with Crippen LogP contribution in [0.25, 0.3) is 0 Å². The van der Waals surface area contributed by atoms with Crippen LogP contribution in [0.3, 0.4) is 0 Å². The van der Waals surface area contributed by atoms with Gasteiger partial charge in [0.1, 0.15) is 5.00 Å². The summed E-state index contributed by atoms with van der Waals surface area (Å²) in [5, 5.41) is 5.66. The third-order valence-corrected chi connectivity index (χ3v) is 7.66. The van der Waals surface area contributed by atoms with Crippen molar-refractivity contribution in [3.63, 3.8) is 0 Å². The van der Waals surface area contributed by atoms with Crippen molar-refractivity contribution in [2.75, 3.05) is 43.0 Å². The molecule has 2 aliphatic rings. The van der Waals surface area contributed by atoms with Gasteiger partial charge in [-0.05, 0) is 68.6 Å². The van der Waals surface area contributed by atoms with Crippen molar-refractivity contribution >= 4 is 56.9 Å². The Hall–Kier alpha value is -1.83. The van der Waals surface area contributed by atoms with E-state index in [1.807, 2.05) is 25.1 Å². The first-order valence-electron chi connectivity index (χ1n) is 10.9. The van der Waals surface area contributed by atoms with Gasteiger partial charge >= 0.3 is 5.97 Å². The topological polar surface area (TPSA) is 44.8 Å². The van der Waals surface area contributed by atoms with Gasteiger partial charge in [-0.1, -0.05) is 24.1 Å². The number of anilines is 2. The molecule has 5 nitrogen and oxygen atoms in total. The van der Waals surface area contributed by atoms with E-state index >= 15 is 0 Å². The standard InChI is InChI=1S/C23H28ClN3O2S2/c1-2-29-22(28)20-18-9-4-3-5-10-19(18)31-21(20)25-23(30)27-13-11-26(12-14-27)17-8-6-7-16(24)15-17/h6-8,15H,2-5,9-14H2,1H3,(H,25,30). The van der Waals surface area contributed by atoms with Crippen molar-refractivity contribution < 1.29 is 9.53 Å². The quantitative estimate of drug-likeness (QED) is 0.363. The lowest BCUT2D eigenvalue weighted by Gasteiger charge is -2.37. The van der Waals surface area contributed by atoms with Crippen LogP contribution < -0.4 is 10.2 Å². The lowest BCUT2D eigenvalue weighted by molar-refractivity contribution is 0.0527. The Bertz CT molecular complexity index is 954. The minimum Gasteiger partial charge on any atom is -0.462 e. The summed E-state index contributed by atoms with van der Waals surface area (Å²) in [5.74, 6) is -0.238. The predicted octanol–water partition coefficient (Wildman–Crippen LogP) is 5.37. The highest BCUT2D eigenvalue weighted by Gasteiger charge is 2.27. The van der Waals surface area contributed by atoms with E-state index in [0.717, 1.165) is 66.7 Å². The maximum Gasteiger partial charge on any atom is 0.341 e. The molecule has 1 aliphatic carbocycles. The summed E-state index contributed by atoms with van der Waals surface area (Å²) < 4.78 is 5.39. The number of benzene rings is 1. The highest BCUT2D eigenvalue weighted by atomic mass is 35.5. The number of esters is 1. The van der Waals surface area contributed by atoms with Gasteiger partial charge in [0.05, 0.1) is 12.2 Å². The number of nitrogens with zero attached hydrogens (tertiary/aromatic N) is 2. The van der Waals surface area contributed by atoms with E-state index in [4.69, 9.17) is 28.6 Å². The lowest BCUT2D eigenvalue weighted by Crippen LogP contribution is -2.50. The van der Waals surface area contributed by atoms with E-state index in [1.165, 1.54) is 17.7 Å². The number of carbonyl (C=O) groups is 1. The van der Waals surface area contributed by atoms with Crippen LogP contribution in [-0.4, -0.2) is 48.8 Å². The fourth-order valence-corrected chi connectivity index (χ4v) is 6.08. The molecule has 1 saturated heterocycles. The number of ether oxygens (including phenoxy) is 1. The Labute approximate surface area is 198 Å². The molecule has 1 N–H and O–H groups in total. The molecule has 4 rings (SSSR count). The molecule has 1 aromatic carbocycles. The van der Waals surface area contributed by atoms with Gasteiger partial charge in [0.25, 0.3) is 0 Å². The number of fused-ring (bicyclic) bond motifs is 1. The van der Waals surface area contributed by atoms with Crippen LogP contribution in [0.5, 0.6) is 0 Å². The molecule has 1 aliphatic heterocycles. The Morgan fingerprint density at radius 3 is 2.71 bits per heavy atom. The van der Waals surface area contributed by atoms with Crippen LogP contribution >= 0.6 is 35.2 Å². The Balaban J connectivity index is 1.45. The van der Waals surface area contributed by atoms with Crippen LogP contribution in [0.15, 0.2) is 24.3 Å². The summed E-state index contributed by atoms with van der Waals surface area (Å²) in [6.07, 6.45) is 5.46. The van der Waals surface area contributed by atoms with Crippen LogP contribution in [0.2, 0.25) is 5.02 Å². The van der Waals surface area contributed by atoms with Gasteiger partial charge < -0.3 is 19.9 Å². The molecule has 0 atom stereocenters. The zero-order valence-corrected chi connectivity index (χ0v) is 20.2. The third-order valence-electron chi connectivity index (χ3n) is 5.86. The Kier molecular flexibility index (Phi) is 7.35. The summed E-state index contributed by atoms with van der Waals surface area (Å²) in [6, 6.07) is 7.96. The third kappa shape index (κ3) is 5.16. The first kappa shape index (κ1) is 22.4. The molecule has 166 valence electrons. The molecule has 0 spiro atoms. The van der Waals surface area contributed by atoms with Gasteiger partial charge in [-0.15, -0.1) is 11.3 Å². The molecule has 0 saturated carbocycles. The van der Waals surface area contributed by atoms with Gasteiger partial charge in [-0.2, -0.15) is 0 Å². The number of rotatable bonds is 4. The van der Waals surface area contributed by atoms with Crippen LogP contribution in [0.1, 0.15) is 47.0 Å². The highest BCUT2D eigenvalue weighted by Crippen LogP contribution is 2.38. The molecule has 31 heavy (non-hydrogen) atoms. The molecule has 0 bridgehead atoms. The summed E-state index contributed by atoms with van der Waals surface area (Å²) in [7, 11) is 0. The Morgan fingerprint density at radius 2 is 1.97 bits per heavy atom. The van der Waals surface area contributed by atoms with Crippen molar-refractivity contribution in [2.45, 2.75) is 39.0 Å². The second kappa shape index (κ2) is 10.2. The number of carbonyl (C=O) groups excluding carboxylic acids is 1. The van der Waals surface area contributed by atoms with Gasteiger partial charge in [-0.25, -0.2) is 4.79 Å². The van der Waals surface area contributed by atoms with Crippen molar-refractivity contribution in [2.24, 2.45) is 0 Å². The highest BCUT2D eigenvalue weighted by molar-refractivity contribution is 7.80. The predicted molar refractivity (Wildman–Crippen MR) is 133 cm³/mol. The van der Waals surface area contributed by atoms with E-state index < -0.39 is 0 Å². The summed E-state index contributed by atoms with van der Waals surface area (Å²) in [6.45, 7) is 5.59. The number of hydrogen-bond acceptors (Lipinski definition) is 5. The maximum atomic E-state index is 12.8.